The Morgan fingerprint density at radius 2 is 0.982 bits per heavy atom. The molecule has 0 spiro atoms. The van der Waals surface area contributed by atoms with Gasteiger partial charge in [0.1, 0.15) is 22.3 Å². The average molecular weight is 722 g/mol. The standard InChI is InChI=1S/C48H29N6O2/c1-4-15-29(16-5-1)43-49-44(30-17-6-2-7-18-30)53-48(52-43)36-27-32(28-40-42(36)34-22-11-13-25-38(34)56-40)46-50-45(31-19-8-3-9-20-31)51-47(54-46)35-23-14-26-39-41(35)33-21-10-12-24-37(33)55-39/h1-28,48H/q-1. The van der Waals surface area contributed by atoms with E-state index >= 15 is 0 Å². The van der Waals surface area contributed by atoms with E-state index in [4.69, 9.17) is 39.1 Å². The molecule has 8 heteroatoms. The van der Waals surface area contributed by atoms with Gasteiger partial charge in [0.15, 0.2) is 17.5 Å². The van der Waals surface area contributed by atoms with Crippen LogP contribution in [0.5, 0.6) is 0 Å². The summed E-state index contributed by atoms with van der Waals surface area (Å²) in [6.45, 7) is 0. The Labute approximate surface area is 320 Å². The summed E-state index contributed by atoms with van der Waals surface area (Å²) in [4.78, 5) is 25.6. The molecule has 0 bridgehead atoms. The van der Waals surface area contributed by atoms with Crippen molar-refractivity contribution < 1.29 is 8.83 Å². The Bertz CT molecular complexity index is 3170. The van der Waals surface area contributed by atoms with E-state index in [1.54, 1.807) is 0 Å². The summed E-state index contributed by atoms with van der Waals surface area (Å²) >= 11 is 0. The van der Waals surface area contributed by atoms with Gasteiger partial charge in [-0.1, -0.05) is 145 Å². The maximum absolute atomic E-state index is 6.59. The molecular weight excluding hydrogens is 693 g/mol. The second kappa shape index (κ2) is 13.0. The number of hydrogen-bond acceptors (Lipinski definition) is 7. The molecule has 0 saturated carbocycles. The lowest BCUT2D eigenvalue weighted by atomic mass is 9.99. The third-order valence-corrected chi connectivity index (χ3v) is 10.1. The summed E-state index contributed by atoms with van der Waals surface area (Å²) < 4.78 is 12.9. The highest BCUT2D eigenvalue weighted by atomic mass is 16.3. The molecule has 3 aromatic heterocycles. The van der Waals surface area contributed by atoms with E-state index in [-0.39, 0.29) is 0 Å². The molecule has 0 aliphatic carbocycles. The molecule has 1 unspecified atom stereocenters. The maximum atomic E-state index is 6.59. The molecule has 10 aromatic rings. The molecule has 4 heterocycles. The van der Waals surface area contributed by atoms with Gasteiger partial charge in [0, 0.05) is 38.2 Å². The van der Waals surface area contributed by atoms with Gasteiger partial charge >= 0.3 is 0 Å². The normalized spacial score (nSPS) is 14.2. The lowest BCUT2D eigenvalue weighted by Crippen LogP contribution is -2.16. The van der Waals surface area contributed by atoms with Crippen molar-refractivity contribution in [2.75, 3.05) is 0 Å². The number of para-hydroxylation sites is 2. The zero-order valence-electron chi connectivity index (χ0n) is 29.7. The molecule has 7 aromatic carbocycles. The summed E-state index contributed by atoms with van der Waals surface area (Å²) in [5.41, 5.74) is 8.13. The molecule has 0 saturated heterocycles. The summed E-state index contributed by atoms with van der Waals surface area (Å²) in [5, 5.41) is 9.06. The second-order valence-electron chi connectivity index (χ2n) is 13.6. The minimum atomic E-state index is -0.651. The monoisotopic (exact) mass is 721 g/mol. The van der Waals surface area contributed by atoms with Gasteiger partial charge in [0.05, 0.1) is 12.0 Å². The van der Waals surface area contributed by atoms with E-state index in [9.17, 15) is 0 Å². The van der Waals surface area contributed by atoms with Gasteiger partial charge in [-0.15, -0.1) is 0 Å². The number of rotatable bonds is 6. The van der Waals surface area contributed by atoms with Crippen LogP contribution in [0.15, 0.2) is 189 Å². The van der Waals surface area contributed by atoms with E-state index in [0.29, 0.717) is 34.7 Å². The van der Waals surface area contributed by atoms with Gasteiger partial charge in [0.2, 0.25) is 0 Å². The van der Waals surface area contributed by atoms with E-state index < -0.39 is 6.17 Å². The smallest absolute Gasteiger partial charge is 0.164 e. The van der Waals surface area contributed by atoms with Crippen LogP contribution in [0.2, 0.25) is 0 Å². The molecule has 0 N–H and O–H groups in total. The Hall–Kier alpha value is -7.71. The highest BCUT2D eigenvalue weighted by Gasteiger charge is 2.23. The van der Waals surface area contributed by atoms with Gasteiger partial charge in [-0.3, -0.25) is 4.99 Å². The summed E-state index contributed by atoms with van der Waals surface area (Å²) in [6.07, 6.45) is -0.651. The predicted molar refractivity (Wildman–Crippen MR) is 223 cm³/mol. The molecule has 264 valence electrons. The lowest BCUT2D eigenvalue weighted by Gasteiger charge is -2.33. The summed E-state index contributed by atoms with van der Waals surface area (Å²) in [7, 11) is 0. The van der Waals surface area contributed by atoms with Crippen molar-refractivity contribution in [3.63, 3.8) is 0 Å². The largest absolute Gasteiger partial charge is 0.456 e. The van der Waals surface area contributed by atoms with Crippen LogP contribution in [-0.4, -0.2) is 26.6 Å². The maximum Gasteiger partial charge on any atom is 0.164 e. The average Bonchev–Trinajstić information content (AvgIpc) is 3.85. The number of aliphatic imine (C=N–C) groups is 2. The third-order valence-electron chi connectivity index (χ3n) is 10.1. The predicted octanol–water partition coefficient (Wildman–Crippen LogP) is 12.0. The van der Waals surface area contributed by atoms with Crippen LogP contribution in [0, 0.1) is 0 Å². The van der Waals surface area contributed by atoms with Gasteiger partial charge in [-0.25, -0.2) is 15.0 Å². The molecule has 0 amide bonds. The molecular formula is C48H29N6O2-. The Morgan fingerprint density at radius 1 is 0.429 bits per heavy atom. The fraction of sp³-hybridized carbons (Fsp3) is 0.0208. The Morgan fingerprint density at radius 3 is 1.70 bits per heavy atom. The molecule has 1 aliphatic rings. The molecule has 1 aliphatic heterocycles. The van der Waals surface area contributed by atoms with Crippen molar-refractivity contribution in [3.8, 4) is 34.2 Å². The molecule has 1 atom stereocenters. The van der Waals surface area contributed by atoms with Gasteiger partial charge < -0.3 is 19.1 Å². The van der Waals surface area contributed by atoms with Gasteiger partial charge in [-0.2, -0.15) is 0 Å². The van der Waals surface area contributed by atoms with E-state index in [1.165, 1.54) is 0 Å². The molecule has 0 fully saturated rings. The van der Waals surface area contributed by atoms with Crippen LogP contribution in [0.4, 0.5) is 0 Å². The number of hydrogen-bond donors (Lipinski definition) is 0. The fourth-order valence-corrected chi connectivity index (χ4v) is 7.53. The van der Waals surface area contributed by atoms with Crippen molar-refractivity contribution in [1.29, 1.82) is 0 Å². The Kier molecular flexibility index (Phi) is 7.38. The van der Waals surface area contributed by atoms with Crippen molar-refractivity contribution in [3.05, 3.63) is 192 Å². The molecule has 56 heavy (non-hydrogen) atoms. The zero-order valence-corrected chi connectivity index (χ0v) is 29.7. The number of amidine groups is 2. The van der Waals surface area contributed by atoms with Crippen molar-refractivity contribution in [2.45, 2.75) is 6.17 Å². The quantitative estimate of drug-likeness (QED) is 0.170. The minimum absolute atomic E-state index is 0.488. The van der Waals surface area contributed by atoms with Crippen LogP contribution >= 0.6 is 0 Å². The number of aromatic nitrogens is 3. The number of benzene rings is 7. The Balaban J connectivity index is 1.16. The first-order valence-electron chi connectivity index (χ1n) is 18.4. The fourth-order valence-electron chi connectivity index (χ4n) is 7.53. The minimum Gasteiger partial charge on any atom is -0.456 e. The summed E-state index contributed by atoms with van der Waals surface area (Å²) in [5.74, 6) is 2.77. The van der Waals surface area contributed by atoms with E-state index in [1.807, 2.05) is 152 Å². The van der Waals surface area contributed by atoms with Crippen LogP contribution in [0.1, 0.15) is 22.9 Å². The van der Waals surface area contributed by atoms with E-state index in [2.05, 4.69) is 18.2 Å². The van der Waals surface area contributed by atoms with Crippen LogP contribution < -0.4 is 0 Å². The molecule has 0 radical (unpaired) electrons. The van der Waals surface area contributed by atoms with Gasteiger partial charge in [0.25, 0.3) is 0 Å². The van der Waals surface area contributed by atoms with E-state index in [0.717, 1.165) is 71.7 Å². The highest BCUT2D eigenvalue weighted by molar-refractivity contribution is 6.19. The second-order valence-corrected chi connectivity index (χ2v) is 13.6. The van der Waals surface area contributed by atoms with Crippen molar-refractivity contribution >= 4 is 55.5 Å². The summed E-state index contributed by atoms with van der Waals surface area (Å²) in [6, 6.07) is 56.2. The molecule has 11 rings (SSSR count). The first-order valence-corrected chi connectivity index (χ1v) is 18.4. The third kappa shape index (κ3) is 5.43. The topological polar surface area (TPSA) is 104 Å². The van der Waals surface area contributed by atoms with Crippen LogP contribution in [-0.2, 0) is 0 Å². The van der Waals surface area contributed by atoms with Crippen molar-refractivity contribution in [1.82, 2.24) is 15.0 Å². The number of fused-ring (bicyclic) bond motifs is 6. The lowest BCUT2D eigenvalue weighted by molar-refractivity contribution is 0.668. The first kappa shape index (κ1) is 31.8. The first-order chi connectivity index (χ1) is 27.7. The highest BCUT2D eigenvalue weighted by Crippen LogP contribution is 2.43. The number of furan rings is 2. The van der Waals surface area contributed by atoms with Crippen molar-refractivity contribution in [2.24, 2.45) is 9.98 Å². The zero-order chi connectivity index (χ0) is 37.0. The van der Waals surface area contributed by atoms with Crippen LogP contribution in [0.25, 0.3) is 83.4 Å². The van der Waals surface area contributed by atoms with Gasteiger partial charge in [-0.05, 0) is 47.0 Å². The van der Waals surface area contributed by atoms with Crippen LogP contribution in [0.3, 0.4) is 0 Å². The molecule has 8 nitrogen and oxygen atoms in total. The number of nitrogens with zero attached hydrogens (tertiary/aromatic N) is 6. The SMILES string of the molecule is c1ccc(C2=NC(c3cc(-c4nc(-c5ccccc5)nc(-c5cccc6oc7ccccc7c56)n4)cc4oc5ccccc5c34)[N-]C(c3ccccc3)=N2)cc1.